The van der Waals surface area contributed by atoms with Gasteiger partial charge in [-0.1, -0.05) is 6.07 Å². The molecule has 0 unspecified atom stereocenters. The van der Waals surface area contributed by atoms with E-state index >= 15 is 0 Å². The van der Waals surface area contributed by atoms with Crippen LogP contribution < -0.4 is 5.32 Å². The van der Waals surface area contributed by atoms with Crippen LogP contribution in [0.2, 0.25) is 0 Å². The zero-order chi connectivity index (χ0) is 12.4. The zero-order valence-electron chi connectivity index (χ0n) is 10.7. The molecule has 2 aromatic heterocycles. The maximum absolute atomic E-state index is 4.53. The smallest absolute Gasteiger partial charge is 0.138 e. The van der Waals surface area contributed by atoms with Gasteiger partial charge in [-0.25, -0.2) is 9.97 Å². The Morgan fingerprint density at radius 3 is 2.89 bits per heavy atom. The standard InChI is InChI=1S/C14H18N4/c1-15-8-11-6-7-14(16-9-11)18-10-17-12-4-2-3-5-13(12)18/h6-7,9-10,15H,2-5,8H2,1H3. The first-order valence-corrected chi connectivity index (χ1v) is 6.53. The lowest BCUT2D eigenvalue weighted by atomic mass is 10.0. The van der Waals surface area contributed by atoms with Gasteiger partial charge in [-0.05, 0) is 44.4 Å². The number of aryl methyl sites for hydroxylation is 1. The number of nitrogens with one attached hydrogen (secondary N) is 1. The molecule has 0 radical (unpaired) electrons. The molecule has 1 N–H and O–H groups in total. The molecule has 94 valence electrons. The van der Waals surface area contributed by atoms with Crippen molar-refractivity contribution in [2.45, 2.75) is 32.2 Å². The van der Waals surface area contributed by atoms with E-state index in [-0.39, 0.29) is 0 Å². The number of rotatable bonds is 3. The van der Waals surface area contributed by atoms with Crippen LogP contribution in [0, 0.1) is 0 Å². The van der Waals surface area contributed by atoms with E-state index in [0.29, 0.717) is 0 Å². The fourth-order valence-corrected chi connectivity index (χ4v) is 2.53. The van der Waals surface area contributed by atoms with Crippen molar-refractivity contribution in [2.24, 2.45) is 0 Å². The first kappa shape index (κ1) is 11.4. The number of fused-ring (bicyclic) bond motifs is 1. The molecule has 4 heteroatoms. The van der Waals surface area contributed by atoms with E-state index in [1.54, 1.807) is 0 Å². The summed E-state index contributed by atoms with van der Waals surface area (Å²) in [5.41, 5.74) is 3.80. The minimum atomic E-state index is 0.856. The van der Waals surface area contributed by atoms with Gasteiger partial charge in [0.25, 0.3) is 0 Å². The molecule has 0 aromatic carbocycles. The molecule has 0 bridgehead atoms. The molecule has 18 heavy (non-hydrogen) atoms. The lowest BCUT2D eigenvalue weighted by Gasteiger charge is -2.13. The van der Waals surface area contributed by atoms with E-state index in [0.717, 1.165) is 25.2 Å². The summed E-state index contributed by atoms with van der Waals surface area (Å²) < 4.78 is 2.14. The zero-order valence-corrected chi connectivity index (χ0v) is 10.7. The van der Waals surface area contributed by atoms with Crippen LogP contribution in [0.1, 0.15) is 29.8 Å². The predicted octanol–water partition coefficient (Wildman–Crippen LogP) is 1.87. The molecule has 0 aliphatic heterocycles. The predicted molar refractivity (Wildman–Crippen MR) is 70.8 cm³/mol. The Bertz CT molecular complexity index is 527. The normalized spacial score (nSPS) is 14.5. The van der Waals surface area contributed by atoms with Crippen LogP contribution in [0.4, 0.5) is 0 Å². The fraction of sp³-hybridized carbons (Fsp3) is 0.429. The van der Waals surface area contributed by atoms with Crippen LogP contribution in [-0.2, 0) is 19.4 Å². The van der Waals surface area contributed by atoms with Gasteiger partial charge in [0.15, 0.2) is 0 Å². The van der Waals surface area contributed by atoms with E-state index in [4.69, 9.17) is 0 Å². The highest BCUT2D eigenvalue weighted by atomic mass is 15.1. The quantitative estimate of drug-likeness (QED) is 0.893. The van der Waals surface area contributed by atoms with Crippen LogP contribution in [0.3, 0.4) is 0 Å². The van der Waals surface area contributed by atoms with Gasteiger partial charge in [0.05, 0.1) is 5.69 Å². The lowest BCUT2D eigenvalue weighted by Crippen LogP contribution is -2.09. The number of imidazole rings is 1. The third-order valence-electron chi connectivity index (χ3n) is 3.47. The topological polar surface area (TPSA) is 42.7 Å². The average molecular weight is 242 g/mol. The van der Waals surface area contributed by atoms with Gasteiger partial charge in [-0.2, -0.15) is 0 Å². The van der Waals surface area contributed by atoms with Crippen molar-refractivity contribution in [1.82, 2.24) is 19.9 Å². The Kier molecular flexibility index (Phi) is 3.11. The maximum Gasteiger partial charge on any atom is 0.138 e. The van der Waals surface area contributed by atoms with Crippen LogP contribution in [0.5, 0.6) is 0 Å². The summed E-state index contributed by atoms with van der Waals surface area (Å²) in [6.07, 6.45) is 8.60. The van der Waals surface area contributed by atoms with Crippen molar-refractivity contribution in [3.63, 3.8) is 0 Å². The van der Waals surface area contributed by atoms with Crippen molar-refractivity contribution < 1.29 is 0 Å². The molecule has 3 rings (SSSR count). The van der Waals surface area contributed by atoms with Gasteiger partial charge < -0.3 is 5.32 Å². The third kappa shape index (κ3) is 2.04. The number of aromatic nitrogens is 3. The van der Waals surface area contributed by atoms with E-state index in [1.165, 1.54) is 29.8 Å². The van der Waals surface area contributed by atoms with E-state index < -0.39 is 0 Å². The molecule has 0 spiro atoms. The number of hydrogen-bond acceptors (Lipinski definition) is 3. The monoisotopic (exact) mass is 242 g/mol. The largest absolute Gasteiger partial charge is 0.316 e. The highest BCUT2D eigenvalue weighted by Gasteiger charge is 2.16. The minimum Gasteiger partial charge on any atom is -0.316 e. The summed E-state index contributed by atoms with van der Waals surface area (Å²) >= 11 is 0. The Morgan fingerprint density at radius 2 is 2.11 bits per heavy atom. The third-order valence-corrected chi connectivity index (χ3v) is 3.47. The molecule has 2 aromatic rings. The van der Waals surface area contributed by atoms with Gasteiger partial charge >= 0.3 is 0 Å². The summed E-state index contributed by atoms with van der Waals surface area (Å²) in [6, 6.07) is 4.19. The van der Waals surface area contributed by atoms with Crippen LogP contribution in [-0.4, -0.2) is 21.6 Å². The molecular formula is C14H18N4. The SMILES string of the molecule is CNCc1ccc(-n2cnc3c2CCCC3)nc1. The minimum absolute atomic E-state index is 0.856. The summed E-state index contributed by atoms with van der Waals surface area (Å²) in [5.74, 6) is 0.977. The lowest BCUT2D eigenvalue weighted by molar-refractivity contribution is 0.654. The number of hydrogen-bond donors (Lipinski definition) is 1. The molecule has 0 saturated carbocycles. The van der Waals surface area contributed by atoms with Crippen molar-refractivity contribution in [3.05, 3.63) is 41.6 Å². The van der Waals surface area contributed by atoms with Crippen molar-refractivity contribution in [3.8, 4) is 5.82 Å². The Hall–Kier alpha value is -1.68. The van der Waals surface area contributed by atoms with E-state index in [1.807, 2.05) is 19.6 Å². The van der Waals surface area contributed by atoms with Gasteiger partial charge in [0.2, 0.25) is 0 Å². The number of pyridine rings is 1. The van der Waals surface area contributed by atoms with E-state index in [9.17, 15) is 0 Å². The molecular weight excluding hydrogens is 224 g/mol. The first-order valence-electron chi connectivity index (χ1n) is 6.53. The second-order valence-electron chi connectivity index (χ2n) is 4.77. The molecule has 1 aliphatic rings. The molecule has 1 aliphatic carbocycles. The molecule has 0 amide bonds. The average Bonchev–Trinajstić information content (AvgIpc) is 2.84. The molecule has 0 saturated heterocycles. The Morgan fingerprint density at radius 1 is 1.22 bits per heavy atom. The second kappa shape index (κ2) is 4.90. The Labute approximate surface area is 107 Å². The van der Waals surface area contributed by atoms with Crippen molar-refractivity contribution in [2.75, 3.05) is 7.05 Å². The summed E-state index contributed by atoms with van der Waals surface area (Å²) in [7, 11) is 1.94. The van der Waals surface area contributed by atoms with Gasteiger partial charge in [-0.3, -0.25) is 4.57 Å². The molecule has 0 atom stereocenters. The fourth-order valence-electron chi connectivity index (χ4n) is 2.53. The molecule has 2 heterocycles. The summed E-state index contributed by atoms with van der Waals surface area (Å²) in [5, 5.41) is 3.13. The van der Waals surface area contributed by atoms with Crippen LogP contribution >= 0.6 is 0 Å². The maximum atomic E-state index is 4.53. The summed E-state index contributed by atoms with van der Waals surface area (Å²) in [4.78, 5) is 9.03. The van der Waals surface area contributed by atoms with Gasteiger partial charge in [0, 0.05) is 18.4 Å². The van der Waals surface area contributed by atoms with Crippen LogP contribution in [0.25, 0.3) is 5.82 Å². The second-order valence-corrected chi connectivity index (χ2v) is 4.77. The highest BCUT2D eigenvalue weighted by Crippen LogP contribution is 2.22. The van der Waals surface area contributed by atoms with Gasteiger partial charge in [-0.15, -0.1) is 0 Å². The molecule has 0 fully saturated rings. The number of nitrogens with zero attached hydrogens (tertiary/aromatic N) is 3. The summed E-state index contributed by atoms with van der Waals surface area (Å²) in [6.45, 7) is 0.856. The van der Waals surface area contributed by atoms with E-state index in [2.05, 4.69) is 32.0 Å². The van der Waals surface area contributed by atoms with Crippen molar-refractivity contribution >= 4 is 0 Å². The highest BCUT2D eigenvalue weighted by molar-refractivity contribution is 5.31. The Balaban J connectivity index is 1.92. The molecule has 4 nitrogen and oxygen atoms in total. The van der Waals surface area contributed by atoms with Gasteiger partial charge in [0.1, 0.15) is 12.1 Å². The van der Waals surface area contributed by atoms with Crippen molar-refractivity contribution in [1.29, 1.82) is 0 Å². The van der Waals surface area contributed by atoms with Crippen LogP contribution in [0.15, 0.2) is 24.7 Å². The first-order chi connectivity index (χ1) is 8.88.